The standard InChI is InChI=1S/C8H16N6O5/c1-4(15)12-13(7(9)18)3-2-5(6(16)17)14(11)8(10)19/h5H,2-3,11H2,1H3,(H2,9,18)(H2,10,19)(H,12,15)(H,16,17). The number of nitrogens with two attached hydrogens (primary N) is 3. The van der Waals surface area contributed by atoms with Crippen molar-refractivity contribution in [2.24, 2.45) is 17.3 Å². The molecule has 0 aliphatic carbocycles. The van der Waals surface area contributed by atoms with Crippen LogP contribution in [-0.4, -0.2) is 51.6 Å². The number of carboxylic acids is 1. The van der Waals surface area contributed by atoms with Crippen molar-refractivity contribution in [1.82, 2.24) is 15.4 Å². The maximum Gasteiger partial charge on any atom is 0.333 e. The number of nitrogens with one attached hydrogen (secondary N) is 1. The van der Waals surface area contributed by atoms with Crippen molar-refractivity contribution < 1.29 is 24.3 Å². The van der Waals surface area contributed by atoms with Crippen LogP contribution in [0.15, 0.2) is 0 Å². The zero-order valence-corrected chi connectivity index (χ0v) is 10.2. The summed E-state index contributed by atoms with van der Waals surface area (Å²) in [5.41, 5.74) is 11.9. The molecule has 11 nitrogen and oxygen atoms in total. The van der Waals surface area contributed by atoms with E-state index in [9.17, 15) is 19.2 Å². The van der Waals surface area contributed by atoms with Crippen LogP contribution in [0.4, 0.5) is 9.59 Å². The smallest absolute Gasteiger partial charge is 0.333 e. The molecule has 0 rings (SSSR count). The van der Waals surface area contributed by atoms with Crippen molar-refractivity contribution in [3.8, 4) is 0 Å². The van der Waals surface area contributed by atoms with Gasteiger partial charge in [0.15, 0.2) is 0 Å². The lowest BCUT2D eigenvalue weighted by Gasteiger charge is -2.25. The largest absolute Gasteiger partial charge is 0.480 e. The molecule has 0 aromatic heterocycles. The van der Waals surface area contributed by atoms with Crippen LogP contribution in [0.5, 0.6) is 0 Å². The van der Waals surface area contributed by atoms with Crippen molar-refractivity contribution in [3.63, 3.8) is 0 Å². The SMILES string of the molecule is CC(=O)NN(CCC(C(=O)O)N(N)C(N)=O)C(N)=O. The van der Waals surface area contributed by atoms with Gasteiger partial charge in [-0.1, -0.05) is 0 Å². The number of hydrogen-bond acceptors (Lipinski definition) is 5. The Morgan fingerprint density at radius 3 is 2.05 bits per heavy atom. The summed E-state index contributed by atoms with van der Waals surface area (Å²) in [5.74, 6) is 3.21. The van der Waals surface area contributed by atoms with Crippen LogP contribution >= 0.6 is 0 Å². The molecular weight excluding hydrogens is 260 g/mol. The lowest BCUT2D eigenvalue weighted by atomic mass is 10.2. The van der Waals surface area contributed by atoms with Gasteiger partial charge < -0.3 is 16.6 Å². The molecule has 108 valence electrons. The van der Waals surface area contributed by atoms with Crippen LogP contribution in [0, 0.1) is 0 Å². The number of nitrogens with zero attached hydrogens (tertiary/aromatic N) is 2. The molecule has 0 fully saturated rings. The summed E-state index contributed by atoms with van der Waals surface area (Å²) in [6, 6.07) is -3.58. The van der Waals surface area contributed by atoms with Gasteiger partial charge in [0.25, 0.3) is 0 Å². The van der Waals surface area contributed by atoms with E-state index < -0.39 is 30.0 Å². The van der Waals surface area contributed by atoms with Gasteiger partial charge in [-0.25, -0.2) is 30.2 Å². The maximum atomic E-state index is 11.0. The second-order valence-corrected chi connectivity index (χ2v) is 3.55. The van der Waals surface area contributed by atoms with Crippen LogP contribution < -0.4 is 22.7 Å². The average Bonchev–Trinajstić information content (AvgIpc) is 2.25. The Kier molecular flexibility index (Phi) is 6.06. The van der Waals surface area contributed by atoms with Crippen LogP contribution in [0.1, 0.15) is 13.3 Å². The summed E-state index contributed by atoms with van der Waals surface area (Å²) in [7, 11) is 0. The maximum absolute atomic E-state index is 11.0. The number of aliphatic carboxylic acids is 1. The molecule has 0 aromatic carbocycles. The molecule has 0 aliphatic rings. The van der Waals surface area contributed by atoms with Gasteiger partial charge in [0.05, 0.1) is 0 Å². The lowest BCUT2D eigenvalue weighted by molar-refractivity contribution is -0.142. The summed E-state index contributed by atoms with van der Waals surface area (Å²) in [6.45, 7) is 0.885. The predicted octanol–water partition coefficient (Wildman–Crippen LogP) is -2.48. The van der Waals surface area contributed by atoms with Crippen LogP contribution in [0.25, 0.3) is 0 Å². The van der Waals surface area contributed by atoms with E-state index in [1.54, 1.807) is 0 Å². The summed E-state index contributed by atoms with van der Waals surface area (Å²) >= 11 is 0. The fourth-order valence-electron chi connectivity index (χ4n) is 1.20. The topological polar surface area (TPSA) is 185 Å². The van der Waals surface area contributed by atoms with E-state index in [0.717, 1.165) is 6.92 Å². The Morgan fingerprint density at radius 1 is 1.21 bits per heavy atom. The number of hydrazine groups is 2. The highest BCUT2D eigenvalue weighted by Crippen LogP contribution is 2.02. The number of primary amides is 2. The quantitative estimate of drug-likeness (QED) is 0.210. The van der Waals surface area contributed by atoms with Gasteiger partial charge in [-0.05, 0) is 6.42 Å². The first kappa shape index (κ1) is 16.4. The highest BCUT2D eigenvalue weighted by atomic mass is 16.4. The second kappa shape index (κ2) is 7.00. The number of hydrogen-bond donors (Lipinski definition) is 5. The van der Waals surface area contributed by atoms with Gasteiger partial charge in [-0.3, -0.25) is 10.2 Å². The Balaban J connectivity index is 4.68. The number of carbonyl (C=O) groups excluding carboxylic acids is 3. The molecule has 11 heteroatoms. The van der Waals surface area contributed by atoms with Crippen molar-refractivity contribution in [2.45, 2.75) is 19.4 Å². The van der Waals surface area contributed by atoms with E-state index in [0.29, 0.717) is 10.0 Å². The van der Waals surface area contributed by atoms with Crippen LogP contribution in [0.3, 0.4) is 0 Å². The summed E-state index contributed by atoms with van der Waals surface area (Å²) in [4.78, 5) is 43.4. The summed E-state index contributed by atoms with van der Waals surface area (Å²) < 4.78 is 0. The molecule has 0 heterocycles. The van der Waals surface area contributed by atoms with E-state index in [1.807, 2.05) is 0 Å². The van der Waals surface area contributed by atoms with Gasteiger partial charge in [-0.15, -0.1) is 0 Å². The van der Waals surface area contributed by atoms with Gasteiger partial charge in [0.2, 0.25) is 5.91 Å². The molecule has 1 atom stereocenters. The van der Waals surface area contributed by atoms with Crippen LogP contribution in [-0.2, 0) is 9.59 Å². The van der Waals surface area contributed by atoms with Crippen molar-refractivity contribution in [2.75, 3.05) is 6.54 Å². The third kappa shape index (κ3) is 5.54. The highest BCUT2D eigenvalue weighted by Gasteiger charge is 2.27. The summed E-state index contributed by atoms with van der Waals surface area (Å²) in [5, 5.41) is 9.89. The van der Waals surface area contributed by atoms with Gasteiger partial charge in [-0.2, -0.15) is 0 Å². The molecule has 0 saturated carbocycles. The lowest BCUT2D eigenvalue weighted by Crippen LogP contribution is -2.55. The van der Waals surface area contributed by atoms with E-state index in [1.165, 1.54) is 0 Å². The number of carboxylic acid groups (broad SMARTS) is 1. The zero-order valence-electron chi connectivity index (χ0n) is 10.2. The molecule has 8 N–H and O–H groups in total. The van der Waals surface area contributed by atoms with Crippen LogP contribution in [0.2, 0.25) is 0 Å². The number of urea groups is 2. The Hall–Kier alpha value is -2.56. The normalized spacial score (nSPS) is 11.3. The van der Waals surface area contributed by atoms with Crippen molar-refractivity contribution in [1.29, 1.82) is 0 Å². The molecule has 0 spiro atoms. The fourth-order valence-corrected chi connectivity index (χ4v) is 1.20. The van der Waals surface area contributed by atoms with Crippen molar-refractivity contribution in [3.05, 3.63) is 0 Å². The second-order valence-electron chi connectivity index (χ2n) is 3.55. The zero-order chi connectivity index (χ0) is 15.2. The average molecular weight is 276 g/mol. The predicted molar refractivity (Wildman–Crippen MR) is 61.8 cm³/mol. The summed E-state index contributed by atoms with van der Waals surface area (Å²) in [6.07, 6.45) is -0.266. The Labute approximate surface area is 108 Å². The van der Waals surface area contributed by atoms with Gasteiger partial charge in [0, 0.05) is 13.5 Å². The first-order valence-electron chi connectivity index (χ1n) is 5.07. The number of amides is 5. The molecule has 0 saturated heterocycles. The van der Waals surface area contributed by atoms with E-state index in [4.69, 9.17) is 22.4 Å². The highest BCUT2D eigenvalue weighted by molar-refractivity contribution is 5.81. The molecule has 19 heavy (non-hydrogen) atoms. The minimum atomic E-state index is -1.45. The van der Waals surface area contributed by atoms with E-state index >= 15 is 0 Å². The third-order valence-corrected chi connectivity index (χ3v) is 2.06. The first-order chi connectivity index (χ1) is 8.66. The minimum absolute atomic E-state index is 0.257. The number of rotatable bonds is 5. The molecule has 5 amide bonds. The molecule has 0 radical (unpaired) electrons. The molecule has 0 aliphatic heterocycles. The molecule has 1 unspecified atom stereocenters. The minimum Gasteiger partial charge on any atom is -0.480 e. The Bertz CT molecular complexity index is 386. The van der Waals surface area contributed by atoms with Crippen molar-refractivity contribution >= 4 is 23.9 Å². The fraction of sp³-hybridized carbons (Fsp3) is 0.500. The molecular formula is C8H16N6O5. The molecule has 0 bridgehead atoms. The van der Waals surface area contributed by atoms with Gasteiger partial charge >= 0.3 is 18.0 Å². The van der Waals surface area contributed by atoms with E-state index in [2.05, 4.69) is 5.43 Å². The van der Waals surface area contributed by atoms with Gasteiger partial charge in [0.1, 0.15) is 6.04 Å². The number of carbonyl (C=O) groups is 4. The molecule has 0 aromatic rings. The van der Waals surface area contributed by atoms with E-state index in [-0.39, 0.29) is 13.0 Å². The Morgan fingerprint density at radius 2 is 1.74 bits per heavy atom. The third-order valence-electron chi connectivity index (χ3n) is 2.06. The monoisotopic (exact) mass is 276 g/mol. The first-order valence-corrected chi connectivity index (χ1v) is 5.07.